The first kappa shape index (κ1) is 31.1. The highest BCUT2D eigenvalue weighted by Gasteiger charge is 2.49. The maximum atomic E-state index is 6.86. The monoisotopic (exact) mass is 618 g/mol. The van der Waals surface area contributed by atoms with E-state index >= 15 is 0 Å². The molecule has 1 saturated heterocycles. The van der Waals surface area contributed by atoms with Crippen LogP contribution in [0.1, 0.15) is 16.7 Å². The molecule has 0 amide bonds. The highest BCUT2D eigenvalue weighted by Crippen LogP contribution is 2.39. The second-order valence-electron chi connectivity index (χ2n) is 10.9. The number of hydrogen-bond acceptors (Lipinski definition) is 6. The van der Waals surface area contributed by atoms with Crippen LogP contribution in [0.15, 0.2) is 157 Å². The fraction of sp³-hybridized carbons (Fsp3) is 0.231. The van der Waals surface area contributed by atoms with Gasteiger partial charge in [0.15, 0.2) is 0 Å². The van der Waals surface area contributed by atoms with E-state index in [2.05, 4.69) is 48.5 Å². The molecule has 0 spiro atoms. The van der Waals surface area contributed by atoms with Crippen molar-refractivity contribution in [3.63, 3.8) is 0 Å². The molecule has 45 heavy (non-hydrogen) atoms. The van der Waals surface area contributed by atoms with Crippen molar-refractivity contribution in [2.45, 2.75) is 54.6 Å². The summed E-state index contributed by atoms with van der Waals surface area (Å²) in [6, 6.07) is 50.7. The van der Waals surface area contributed by atoms with Crippen molar-refractivity contribution in [3.8, 4) is 5.75 Å². The minimum absolute atomic E-state index is 0.248. The molecule has 0 bridgehead atoms. The molecule has 230 valence electrons. The molecule has 1 fully saturated rings. The van der Waals surface area contributed by atoms with Crippen LogP contribution in [0.4, 0.5) is 0 Å². The Morgan fingerprint density at radius 2 is 0.978 bits per heavy atom. The van der Waals surface area contributed by atoms with E-state index in [0.29, 0.717) is 26.4 Å². The summed E-state index contributed by atoms with van der Waals surface area (Å²) in [6.07, 6.45) is -1.88. The lowest BCUT2D eigenvalue weighted by Crippen LogP contribution is -2.60. The van der Waals surface area contributed by atoms with Crippen molar-refractivity contribution < 1.29 is 23.7 Å². The average Bonchev–Trinajstić information content (AvgIpc) is 3.10. The highest BCUT2D eigenvalue weighted by molar-refractivity contribution is 8.00. The van der Waals surface area contributed by atoms with E-state index in [1.165, 1.54) is 0 Å². The predicted octanol–water partition coefficient (Wildman–Crippen LogP) is 8.34. The van der Waals surface area contributed by atoms with E-state index in [1.54, 1.807) is 11.8 Å². The van der Waals surface area contributed by atoms with Crippen LogP contribution in [0, 0.1) is 0 Å². The number of benzene rings is 5. The van der Waals surface area contributed by atoms with Gasteiger partial charge >= 0.3 is 0 Å². The number of hydrogen-bond donors (Lipinski definition) is 0. The molecule has 0 aromatic heterocycles. The molecule has 5 atom stereocenters. The Hall–Kier alpha value is -3.91. The highest BCUT2D eigenvalue weighted by atomic mass is 32.2. The van der Waals surface area contributed by atoms with Crippen LogP contribution in [0.2, 0.25) is 0 Å². The molecule has 0 aliphatic carbocycles. The normalized spacial score (nSPS) is 21.3. The molecule has 5 aromatic carbocycles. The molecular formula is C39H38O5S. The summed E-state index contributed by atoms with van der Waals surface area (Å²) in [5, 5.41) is -0.248. The van der Waals surface area contributed by atoms with Gasteiger partial charge in [-0.1, -0.05) is 127 Å². The van der Waals surface area contributed by atoms with E-state index in [9.17, 15) is 0 Å². The summed E-state index contributed by atoms with van der Waals surface area (Å²) in [4.78, 5) is 1.10. The Morgan fingerprint density at radius 3 is 1.53 bits per heavy atom. The van der Waals surface area contributed by atoms with E-state index in [1.807, 2.05) is 103 Å². The molecule has 5 aromatic rings. The van der Waals surface area contributed by atoms with E-state index < -0.39 is 18.5 Å². The Labute approximate surface area is 270 Å². The fourth-order valence-electron chi connectivity index (χ4n) is 5.31. The lowest BCUT2D eigenvalue weighted by atomic mass is 10.00. The topological polar surface area (TPSA) is 46.2 Å². The minimum Gasteiger partial charge on any atom is -0.464 e. The molecular weight excluding hydrogens is 580 g/mol. The first-order valence-corrected chi connectivity index (χ1v) is 16.2. The summed E-state index contributed by atoms with van der Waals surface area (Å²) >= 11 is 1.69. The van der Waals surface area contributed by atoms with Gasteiger partial charge in [0.25, 0.3) is 0 Å². The van der Waals surface area contributed by atoms with Crippen LogP contribution in [0.5, 0.6) is 5.75 Å². The minimum atomic E-state index is -0.625. The number of rotatable bonds is 14. The van der Waals surface area contributed by atoms with Gasteiger partial charge in [0.2, 0.25) is 6.29 Å². The second kappa shape index (κ2) is 16.4. The zero-order valence-electron chi connectivity index (χ0n) is 25.1. The first-order valence-electron chi connectivity index (χ1n) is 15.3. The van der Waals surface area contributed by atoms with Crippen LogP contribution in [0.3, 0.4) is 0 Å². The molecule has 1 aliphatic heterocycles. The van der Waals surface area contributed by atoms with Gasteiger partial charge in [-0.25, -0.2) is 0 Å². The lowest BCUT2D eigenvalue weighted by Gasteiger charge is -2.45. The van der Waals surface area contributed by atoms with Gasteiger partial charge in [-0.05, 0) is 41.0 Å². The van der Waals surface area contributed by atoms with Crippen molar-refractivity contribution in [1.82, 2.24) is 0 Å². The number of thioether (sulfide) groups is 1. The number of ether oxygens (including phenoxy) is 5. The Kier molecular flexibility index (Phi) is 11.3. The maximum Gasteiger partial charge on any atom is 0.215 e. The molecule has 1 heterocycles. The van der Waals surface area contributed by atoms with E-state index in [-0.39, 0.29) is 11.4 Å². The van der Waals surface area contributed by atoms with Crippen molar-refractivity contribution >= 4 is 11.8 Å². The quantitative estimate of drug-likeness (QED) is 0.125. The van der Waals surface area contributed by atoms with Crippen LogP contribution < -0.4 is 4.74 Å². The lowest BCUT2D eigenvalue weighted by molar-refractivity contribution is -0.253. The second-order valence-corrected chi connectivity index (χ2v) is 12.1. The third-order valence-corrected chi connectivity index (χ3v) is 8.87. The standard InChI is InChI=1S/C39H38O5S/c1-6-16-30(17-7-1)26-40-29-35-36(41-27-31-18-8-2-9-19-31)37(42-28-32-20-10-3-11-21-32)38(45-34-24-14-5-15-25-34)39(44-35)43-33-22-12-4-13-23-33/h1-25,35-39H,26-29H2/t35-,36+,37+,38-,39-/m1/s1. The van der Waals surface area contributed by atoms with Gasteiger partial charge in [-0.3, -0.25) is 0 Å². The fourth-order valence-corrected chi connectivity index (χ4v) is 6.54. The van der Waals surface area contributed by atoms with Crippen LogP contribution in [-0.4, -0.2) is 36.5 Å². The molecule has 0 unspecified atom stereocenters. The van der Waals surface area contributed by atoms with Gasteiger partial charge in [0.1, 0.15) is 29.3 Å². The smallest absolute Gasteiger partial charge is 0.215 e. The summed E-state index contributed by atoms with van der Waals surface area (Å²) in [5.41, 5.74) is 3.27. The van der Waals surface area contributed by atoms with E-state index in [0.717, 1.165) is 27.3 Å². The van der Waals surface area contributed by atoms with Crippen molar-refractivity contribution in [2.24, 2.45) is 0 Å². The van der Waals surface area contributed by atoms with Crippen molar-refractivity contribution in [1.29, 1.82) is 0 Å². The summed E-state index contributed by atoms with van der Waals surface area (Å²) in [5.74, 6) is 0.732. The van der Waals surface area contributed by atoms with Gasteiger partial charge < -0.3 is 23.7 Å². The van der Waals surface area contributed by atoms with E-state index in [4.69, 9.17) is 23.7 Å². The zero-order chi connectivity index (χ0) is 30.5. The van der Waals surface area contributed by atoms with Gasteiger partial charge in [-0.15, -0.1) is 11.8 Å². The zero-order valence-corrected chi connectivity index (χ0v) is 25.9. The Balaban J connectivity index is 1.33. The van der Waals surface area contributed by atoms with Gasteiger partial charge in [-0.2, -0.15) is 0 Å². The molecule has 1 aliphatic rings. The van der Waals surface area contributed by atoms with Crippen LogP contribution in [-0.2, 0) is 38.8 Å². The number of para-hydroxylation sites is 1. The van der Waals surface area contributed by atoms with Crippen LogP contribution in [0.25, 0.3) is 0 Å². The molecule has 6 heteroatoms. The molecule has 0 N–H and O–H groups in total. The summed E-state index contributed by atoms with van der Waals surface area (Å²) in [6.45, 7) is 1.63. The predicted molar refractivity (Wildman–Crippen MR) is 178 cm³/mol. The third kappa shape index (κ3) is 9.07. The first-order chi connectivity index (χ1) is 22.3. The maximum absolute atomic E-state index is 6.86. The molecule has 5 nitrogen and oxygen atoms in total. The van der Waals surface area contributed by atoms with Gasteiger partial charge in [0, 0.05) is 4.90 Å². The molecule has 6 rings (SSSR count). The Morgan fingerprint density at radius 1 is 0.511 bits per heavy atom. The Bertz CT molecular complexity index is 1520. The van der Waals surface area contributed by atoms with Crippen LogP contribution >= 0.6 is 11.8 Å². The molecule has 0 radical (unpaired) electrons. The molecule has 0 saturated carbocycles. The third-order valence-electron chi connectivity index (χ3n) is 7.57. The SMILES string of the molecule is c1ccc(COC[C@H]2O[C@@H](Oc3ccccc3)[C@H](Sc3ccccc3)[C@@H](OCc3ccccc3)[C@H]2OCc2ccccc2)cc1. The average molecular weight is 619 g/mol. The van der Waals surface area contributed by atoms with Crippen molar-refractivity contribution in [2.75, 3.05) is 6.61 Å². The van der Waals surface area contributed by atoms with Crippen molar-refractivity contribution in [3.05, 3.63) is 168 Å². The largest absolute Gasteiger partial charge is 0.464 e. The van der Waals surface area contributed by atoms with Gasteiger partial charge in [0.05, 0.1) is 26.4 Å². The summed E-state index contributed by atoms with van der Waals surface area (Å²) in [7, 11) is 0. The summed E-state index contributed by atoms with van der Waals surface area (Å²) < 4.78 is 33.3.